The first kappa shape index (κ1) is 20.6. The van der Waals surface area contributed by atoms with Crippen LogP contribution < -0.4 is 10.1 Å². The van der Waals surface area contributed by atoms with Crippen molar-refractivity contribution in [3.05, 3.63) is 95.8 Å². The molecule has 4 rings (SSSR count). The maximum absolute atomic E-state index is 12.9. The number of aromatic nitrogens is 1. The number of hydrogen-bond acceptors (Lipinski definition) is 4. The molecule has 2 aromatic carbocycles. The monoisotopic (exact) mass is 415 g/mol. The average Bonchev–Trinajstić information content (AvgIpc) is 3.23. The highest BCUT2D eigenvalue weighted by atomic mass is 16.5. The number of carbonyl (C=O) groups excluding carboxylic acids is 2. The van der Waals surface area contributed by atoms with Crippen molar-refractivity contribution in [3.8, 4) is 5.75 Å². The van der Waals surface area contributed by atoms with Crippen LogP contribution in [0.25, 0.3) is 0 Å². The molecule has 2 amide bonds. The number of ether oxygens (including phenoxy) is 1. The Morgan fingerprint density at radius 2 is 1.87 bits per heavy atom. The minimum atomic E-state index is -0.266. The first-order valence-corrected chi connectivity index (χ1v) is 10.4. The van der Waals surface area contributed by atoms with Crippen molar-refractivity contribution >= 4 is 11.8 Å². The second kappa shape index (κ2) is 9.89. The van der Waals surface area contributed by atoms with E-state index in [1.807, 2.05) is 47.4 Å². The van der Waals surface area contributed by atoms with Gasteiger partial charge in [-0.2, -0.15) is 0 Å². The highest BCUT2D eigenvalue weighted by Gasteiger charge is 2.25. The van der Waals surface area contributed by atoms with Crippen LogP contribution in [0.1, 0.15) is 40.4 Å². The predicted octanol–water partition coefficient (Wildman–Crippen LogP) is 3.75. The molecule has 1 N–H and O–H groups in total. The van der Waals surface area contributed by atoms with Crippen molar-refractivity contribution in [1.82, 2.24) is 15.2 Å². The number of pyridine rings is 1. The standard InChI is InChI=1S/C25H25N3O3/c29-24-9-5-15-28(24)17-23(20-7-2-1-3-8-20)27-25(30)21-10-12-22(13-11-21)31-18-19-6-4-14-26-16-19/h1-4,6-8,10-14,16,23H,5,9,15,17-18H2,(H,27,30)/t23-/m1/s1. The summed E-state index contributed by atoms with van der Waals surface area (Å²) in [6.45, 7) is 1.63. The molecule has 0 unspecified atom stereocenters. The summed E-state index contributed by atoms with van der Waals surface area (Å²) in [5.41, 5.74) is 2.50. The van der Waals surface area contributed by atoms with Crippen LogP contribution in [0.15, 0.2) is 79.1 Å². The molecular formula is C25H25N3O3. The number of hydrogen-bond donors (Lipinski definition) is 1. The van der Waals surface area contributed by atoms with Gasteiger partial charge in [-0.25, -0.2) is 0 Å². The Hall–Kier alpha value is -3.67. The molecule has 31 heavy (non-hydrogen) atoms. The Balaban J connectivity index is 1.41. The van der Waals surface area contributed by atoms with Gasteiger partial charge in [0.05, 0.1) is 6.04 Å². The van der Waals surface area contributed by atoms with Crippen molar-refractivity contribution in [2.24, 2.45) is 0 Å². The Kier molecular flexibility index (Phi) is 6.57. The SMILES string of the molecule is O=C(N[C@H](CN1CCCC1=O)c1ccccc1)c1ccc(OCc2cccnc2)cc1. The molecule has 1 aromatic heterocycles. The largest absolute Gasteiger partial charge is 0.489 e. The van der Waals surface area contributed by atoms with Crippen LogP contribution in [0.3, 0.4) is 0 Å². The first-order valence-electron chi connectivity index (χ1n) is 10.4. The third-order valence-electron chi connectivity index (χ3n) is 5.33. The normalized spacial score (nSPS) is 14.3. The lowest BCUT2D eigenvalue weighted by atomic mass is 10.1. The Morgan fingerprint density at radius 3 is 2.55 bits per heavy atom. The van der Waals surface area contributed by atoms with Crippen molar-refractivity contribution in [3.63, 3.8) is 0 Å². The minimum absolute atomic E-state index is 0.144. The van der Waals surface area contributed by atoms with Crippen LogP contribution in [0.4, 0.5) is 0 Å². The number of amides is 2. The fourth-order valence-electron chi connectivity index (χ4n) is 3.63. The summed E-state index contributed by atoms with van der Waals surface area (Å²) in [5, 5.41) is 3.09. The minimum Gasteiger partial charge on any atom is -0.489 e. The van der Waals surface area contributed by atoms with Crippen molar-refractivity contribution in [2.75, 3.05) is 13.1 Å². The van der Waals surface area contributed by atoms with E-state index in [1.54, 1.807) is 36.7 Å². The van der Waals surface area contributed by atoms with Crippen LogP contribution in [0, 0.1) is 0 Å². The summed E-state index contributed by atoms with van der Waals surface area (Å²) < 4.78 is 5.76. The van der Waals surface area contributed by atoms with Gasteiger partial charge in [0, 0.05) is 43.0 Å². The van der Waals surface area contributed by atoms with Crippen LogP contribution in [-0.4, -0.2) is 34.8 Å². The summed E-state index contributed by atoms with van der Waals surface area (Å²) in [6, 6.07) is 20.4. The molecule has 1 atom stereocenters. The fraction of sp³-hybridized carbons (Fsp3) is 0.240. The van der Waals surface area contributed by atoms with Crippen LogP contribution in [0.5, 0.6) is 5.75 Å². The van der Waals surface area contributed by atoms with E-state index in [-0.39, 0.29) is 17.9 Å². The van der Waals surface area contributed by atoms with Crippen LogP contribution in [0.2, 0.25) is 0 Å². The van der Waals surface area contributed by atoms with Gasteiger partial charge in [0.15, 0.2) is 0 Å². The van der Waals surface area contributed by atoms with E-state index >= 15 is 0 Å². The zero-order valence-corrected chi connectivity index (χ0v) is 17.2. The second-order valence-electron chi connectivity index (χ2n) is 7.55. The molecule has 0 radical (unpaired) electrons. The third-order valence-corrected chi connectivity index (χ3v) is 5.33. The molecule has 6 heteroatoms. The van der Waals surface area contributed by atoms with E-state index < -0.39 is 0 Å². The van der Waals surface area contributed by atoms with E-state index in [2.05, 4.69) is 10.3 Å². The molecule has 1 aliphatic rings. The molecule has 3 aromatic rings. The van der Waals surface area contributed by atoms with E-state index in [1.165, 1.54) is 0 Å². The van der Waals surface area contributed by atoms with Crippen molar-refractivity contribution in [1.29, 1.82) is 0 Å². The van der Waals surface area contributed by atoms with Gasteiger partial charge in [0.2, 0.25) is 5.91 Å². The quantitative estimate of drug-likeness (QED) is 0.608. The van der Waals surface area contributed by atoms with Gasteiger partial charge in [-0.3, -0.25) is 14.6 Å². The highest BCUT2D eigenvalue weighted by molar-refractivity contribution is 5.94. The smallest absolute Gasteiger partial charge is 0.251 e. The van der Waals surface area contributed by atoms with Crippen molar-refractivity contribution in [2.45, 2.75) is 25.5 Å². The topological polar surface area (TPSA) is 71.5 Å². The summed E-state index contributed by atoms with van der Waals surface area (Å²) in [5.74, 6) is 0.646. The number of rotatable bonds is 8. The maximum Gasteiger partial charge on any atom is 0.251 e. The van der Waals surface area contributed by atoms with Gasteiger partial charge >= 0.3 is 0 Å². The van der Waals surface area contributed by atoms with E-state index in [0.29, 0.717) is 30.9 Å². The maximum atomic E-state index is 12.9. The molecule has 1 saturated heterocycles. The zero-order valence-electron chi connectivity index (χ0n) is 17.2. The second-order valence-corrected chi connectivity index (χ2v) is 7.55. The van der Waals surface area contributed by atoms with Crippen LogP contribution in [-0.2, 0) is 11.4 Å². The molecular weight excluding hydrogens is 390 g/mol. The van der Waals surface area contributed by atoms with Gasteiger partial charge in [-0.1, -0.05) is 36.4 Å². The molecule has 1 aliphatic heterocycles. The first-order chi connectivity index (χ1) is 15.2. The number of benzene rings is 2. The number of likely N-dealkylation sites (tertiary alicyclic amines) is 1. The Labute approximate surface area is 181 Å². The molecule has 0 saturated carbocycles. The van der Waals surface area contributed by atoms with Gasteiger partial charge in [-0.05, 0) is 42.3 Å². The third kappa shape index (κ3) is 5.48. The number of carbonyl (C=O) groups is 2. The van der Waals surface area contributed by atoms with E-state index in [9.17, 15) is 9.59 Å². The summed E-state index contributed by atoms with van der Waals surface area (Å²) in [4.78, 5) is 30.9. The zero-order chi connectivity index (χ0) is 21.5. The average molecular weight is 415 g/mol. The van der Waals surface area contributed by atoms with Gasteiger partial charge in [-0.15, -0.1) is 0 Å². The molecule has 0 bridgehead atoms. The summed E-state index contributed by atoms with van der Waals surface area (Å²) in [6.07, 6.45) is 4.93. The molecule has 2 heterocycles. The molecule has 6 nitrogen and oxygen atoms in total. The van der Waals surface area contributed by atoms with Gasteiger partial charge in [0.25, 0.3) is 5.91 Å². The molecule has 158 valence electrons. The highest BCUT2D eigenvalue weighted by Crippen LogP contribution is 2.20. The molecule has 0 aliphatic carbocycles. The lowest BCUT2D eigenvalue weighted by Crippen LogP contribution is -2.38. The lowest BCUT2D eigenvalue weighted by molar-refractivity contribution is -0.128. The lowest BCUT2D eigenvalue weighted by Gasteiger charge is -2.25. The van der Waals surface area contributed by atoms with E-state index in [0.717, 1.165) is 24.1 Å². The number of nitrogens with one attached hydrogen (secondary N) is 1. The predicted molar refractivity (Wildman–Crippen MR) is 117 cm³/mol. The molecule has 1 fully saturated rings. The number of nitrogens with zero attached hydrogens (tertiary/aromatic N) is 2. The summed E-state index contributed by atoms with van der Waals surface area (Å²) in [7, 11) is 0. The Morgan fingerprint density at radius 1 is 1.06 bits per heavy atom. The van der Waals surface area contributed by atoms with Gasteiger partial charge < -0.3 is 15.0 Å². The fourth-order valence-corrected chi connectivity index (χ4v) is 3.63. The van der Waals surface area contributed by atoms with Crippen LogP contribution >= 0.6 is 0 Å². The molecule has 0 spiro atoms. The summed E-state index contributed by atoms with van der Waals surface area (Å²) >= 11 is 0. The van der Waals surface area contributed by atoms with Gasteiger partial charge in [0.1, 0.15) is 12.4 Å². The van der Waals surface area contributed by atoms with Crippen molar-refractivity contribution < 1.29 is 14.3 Å². The Bertz CT molecular complexity index is 1010. The van der Waals surface area contributed by atoms with E-state index in [4.69, 9.17) is 4.74 Å².